The number of hydrogen-bond donors (Lipinski definition) is 1. The van der Waals surface area contributed by atoms with Crippen molar-refractivity contribution in [2.45, 2.75) is 26.7 Å². The Labute approximate surface area is 129 Å². The van der Waals surface area contributed by atoms with Gasteiger partial charge >= 0.3 is 11.9 Å². The van der Waals surface area contributed by atoms with Gasteiger partial charge in [-0.1, -0.05) is 18.2 Å². The fraction of sp³-hybridized carbons (Fsp3) is 0.438. The van der Waals surface area contributed by atoms with E-state index in [2.05, 4.69) is 5.32 Å². The second-order valence-corrected chi connectivity index (χ2v) is 4.81. The van der Waals surface area contributed by atoms with Gasteiger partial charge in [-0.05, 0) is 25.0 Å². The monoisotopic (exact) mass is 307 g/mol. The number of benzene rings is 1. The molecular formula is C16H21NO5. The smallest absolute Gasteiger partial charge is 0.302 e. The van der Waals surface area contributed by atoms with Crippen LogP contribution < -0.4 is 5.32 Å². The third-order valence-electron chi connectivity index (χ3n) is 2.96. The van der Waals surface area contributed by atoms with Crippen molar-refractivity contribution in [2.24, 2.45) is 5.92 Å². The van der Waals surface area contributed by atoms with Crippen LogP contribution in [-0.2, 0) is 23.9 Å². The van der Waals surface area contributed by atoms with E-state index in [0.717, 1.165) is 0 Å². The first-order valence-electron chi connectivity index (χ1n) is 7.11. The number of hydrogen-bond acceptors (Lipinski definition) is 5. The van der Waals surface area contributed by atoms with Crippen LogP contribution in [0.25, 0.3) is 0 Å². The van der Waals surface area contributed by atoms with Gasteiger partial charge in [-0.25, -0.2) is 0 Å². The van der Waals surface area contributed by atoms with E-state index in [9.17, 15) is 14.4 Å². The molecule has 0 fully saturated rings. The summed E-state index contributed by atoms with van der Waals surface area (Å²) in [4.78, 5) is 33.9. The maximum Gasteiger partial charge on any atom is 0.302 e. The SMILES string of the molecule is CC(=O)OCCC(CCOC(C)=O)C(=O)Nc1ccccc1. The van der Waals surface area contributed by atoms with Crippen LogP contribution in [0.5, 0.6) is 0 Å². The van der Waals surface area contributed by atoms with Gasteiger partial charge in [0.25, 0.3) is 0 Å². The van der Waals surface area contributed by atoms with Crippen molar-refractivity contribution < 1.29 is 23.9 Å². The summed E-state index contributed by atoms with van der Waals surface area (Å²) in [6, 6.07) is 9.07. The zero-order chi connectivity index (χ0) is 16.4. The second-order valence-electron chi connectivity index (χ2n) is 4.81. The first-order chi connectivity index (χ1) is 10.5. The van der Waals surface area contributed by atoms with Gasteiger partial charge < -0.3 is 14.8 Å². The summed E-state index contributed by atoms with van der Waals surface area (Å²) >= 11 is 0. The van der Waals surface area contributed by atoms with Crippen molar-refractivity contribution in [1.29, 1.82) is 0 Å². The first-order valence-corrected chi connectivity index (χ1v) is 7.11. The Morgan fingerprint density at radius 1 is 0.955 bits per heavy atom. The number of amides is 1. The highest BCUT2D eigenvalue weighted by atomic mass is 16.5. The van der Waals surface area contributed by atoms with Crippen LogP contribution in [0, 0.1) is 5.92 Å². The van der Waals surface area contributed by atoms with E-state index in [4.69, 9.17) is 9.47 Å². The number of carbonyl (C=O) groups is 3. The molecule has 1 aromatic carbocycles. The predicted octanol–water partition coefficient (Wildman–Crippen LogP) is 2.15. The molecule has 22 heavy (non-hydrogen) atoms. The molecule has 0 radical (unpaired) electrons. The molecule has 1 aromatic rings. The molecule has 0 aliphatic rings. The molecule has 0 bridgehead atoms. The Bertz CT molecular complexity index is 481. The van der Waals surface area contributed by atoms with Crippen LogP contribution >= 0.6 is 0 Å². The fourth-order valence-electron chi connectivity index (χ4n) is 1.86. The predicted molar refractivity (Wildman–Crippen MR) is 81.1 cm³/mol. The van der Waals surface area contributed by atoms with Crippen LogP contribution in [0.15, 0.2) is 30.3 Å². The van der Waals surface area contributed by atoms with E-state index in [1.807, 2.05) is 18.2 Å². The molecule has 1 amide bonds. The van der Waals surface area contributed by atoms with Crippen molar-refractivity contribution >= 4 is 23.5 Å². The lowest BCUT2D eigenvalue weighted by atomic mass is 10.0. The topological polar surface area (TPSA) is 81.7 Å². The van der Waals surface area contributed by atoms with Crippen LogP contribution in [0.4, 0.5) is 5.69 Å². The number of rotatable bonds is 8. The van der Waals surface area contributed by atoms with Crippen LogP contribution in [0.1, 0.15) is 26.7 Å². The van der Waals surface area contributed by atoms with Crippen molar-refractivity contribution in [3.05, 3.63) is 30.3 Å². The Morgan fingerprint density at radius 3 is 1.91 bits per heavy atom. The van der Waals surface area contributed by atoms with E-state index in [-0.39, 0.29) is 31.1 Å². The maximum absolute atomic E-state index is 12.3. The Hall–Kier alpha value is -2.37. The van der Waals surface area contributed by atoms with Gasteiger partial charge in [-0.15, -0.1) is 0 Å². The number of esters is 2. The third-order valence-corrected chi connectivity index (χ3v) is 2.96. The van der Waals surface area contributed by atoms with Gasteiger partial charge in [0.1, 0.15) is 0 Å². The number of ether oxygens (including phenoxy) is 2. The van der Waals surface area contributed by atoms with Gasteiger partial charge in [-0.2, -0.15) is 0 Å². The lowest BCUT2D eigenvalue weighted by Crippen LogP contribution is -2.26. The van der Waals surface area contributed by atoms with Gasteiger partial charge in [0.2, 0.25) is 5.91 Å². The van der Waals surface area contributed by atoms with Gasteiger partial charge in [0.05, 0.1) is 13.2 Å². The number of anilines is 1. The average Bonchev–Trinajstić information content (AvgIpc) is 2.46. The highest BCUT2D eigenvalue weighted by molar-refractivity contribution is 5.92. The molecule has 1 N–H and O–H groups in total. The standard InChI is InChI=1S/C16H21NO5/c1-12(18)21-10-8-14(9-11-22-13(2)19)16(20)17-15-6-4-3-5-7-15/h3-7,14H,8-11H2,1-2H3,(H,17,20). The molecular weight excluding hydrogens is 286 g/mol. The minimum Gasteiger partial charge on any atom is -0.466 e. The molecule has 1 rings (SSSR count). The summed E-state index contributed by atoms with van der Waals surface area (Å²) in [5.74, 6) is -1.37. The summed E-state index contributed by atoms with van der Waals surface area (Å²) in [6.45, 7) is 2.94. The lowest BCUT2D eigenvalue weighted by molar-refractivity contribution is -0.142. The van der Waals surface area contributed by atoms with E-state index in [0.29, 0.717) is 18.5 Å². The first kappa shape index (κ1) is 17.7. The minimum absolute atomic E-state index is 0.155. The second kappa shape index (κ2) is 9.55. The summed E-state index contributed by atoms with van der Waals surface area (Å²) < 4.78 is 9.75. The fourth-order valence-corrected chi connectivity index (χ4v) is 1.86. The highest BCUT2D eigenvalue weighted by Gasteiger charge is 2.19. The van der Waals surface area contributed by atoms with E-state index < -0.39 is 5.92 Å². The van der Waals surface area contributed by atoms with Gasteiger partial charge in [0.15, 0.2) is 0 Å². The van der Waals surface area contributed by atoms with Crippen molar-refractivity contribution in [2.75, 3.05) is 18.5 Å². The molecule has 0 aliphatic heterocycles. The molecule has 0 spiro atoms. The number of para-hydroxylation sites is 1. The number of carbonyl (C=O) groups excluding carboxylic acids is 3. The van der Waals surface area contributed by atoms with Crippen molar-refractivity contribution in [1.82, 2.24) is 0 Å². The van der Waals surface area contributed by atoms with Crippen molar-refractivity contribution in [3.8, 4) is 0 Å². The molecule has 6 heteroatoms. The zero-order valence-electron chi connectivity index (χ0n) is 12.8. The van der Waals surface area contributed by atoms with Crippen LogP contribution in [-0.4, -0.2) is 31.1 Å². The molecule has 120 valence electrons. The average molecular weight is 307 g/mol. The largest absolute Gasteiger partial charge is 0.466 e. The molecule has 0 saturated heterocycles. The Balaban J connectivity index is 2.55. The summed E-state index contributed by atoms with van der Waals surface area (Å²) in [5, 5.41) is 2.80. The molecule has 0 heterocycles. The van der Waals surface area contributed by atoms with Crippen molar-refractivity contribution in [3.63, 3.8) is 0 Å². The zero-order valence-corrected chi connectivity index (χ0v) is 12.8. The molecule has 0 aliphatic carbocycles. The highest BCUT2D eigenvalue weighted by Crippen LogP contribution is 2.14. The number of nitrogens with one attached hydrogen (secondary N) is 1. The minimum atomic E-state index is -0.404. The molecule has 0 saturated carbocycles. The van der Waals surface area contributed by atoms with Crippen LogP contribution in [0.2, 0.25) is 0 Å². The molecule has 0 aromatic heterocycles. The van der Waals surface area contributed by atoms with Gasteiger partial charge in [-0.3, -0.25) is 14.4 Å². The van der Waals surface area contributed by atoms with E-state index >= 15 is 0 Å². The molecule has 0 unspecified atom stereocenters. The summed E-state index contributed by atoms with van der Waals surface area (Å²) in [7, 11) is 0. The molecule has 6 nitrogen and oxygen atoms in total. The van der Waals surface area contributed by atoms with E-state index in [1.165, 1.54) is 13.8 Å². The van der Waals surface area contributed by atoms with Crippen LogP contribution in [0.3, 0.4) is 0 Å². The van der Waals surface area contributed by atoms with E-state index in [1.54, 1.807) is 12.1 Å². The summed E-state index contributed by atoms with van der Waals surface area (Å²) in [6.07, 6.45) is 0.749. The Morgan fingerprint density at radius 2 is 1.45 bits per heavy atom. The lowest BCUT2D eigenvalue weighted by Gasteiger charge is -2.16. The molecule has 0 atom stereocenters. The Kier molecular flexibility index (Phi) is 7.67. The summed E-state index contributed by atoms with van der Waals surface area (Å²) in [5.41, 5.74) is 0.692. The third kappa shape index (κ3) is 7.42. The normalized spacial score (nSPS) is 10.1. The maximum atomic E-state index is 12.3. The quantitative estimate of drug-likeness (QED) is 0.744. The van der Waals surface area contributed by atoms with Gasteiger partial charge in [0, 0.05) is 25.5 Å².